The third kappa shape index (κ3) is 2.78. The van der Waals surface area contributed by atoms with Crippen LogP contribution >= 0.6 is 0 Å². The van der Waals surface area contributed by atoms with E-state index in [2.05, 4.69) is 76.3 Å². The van der Waals surface area contributed by atoms with Crippen LogP contribution in [0.3, 0.4) is 0 Å². The molecule has 1 N–H and O–H groups in total. The Balaban J connectivity index is 1.53. The zero-order chi connectivity index (χ0) is 16.5. The minimum absolute atomic E-state index is 0.641. The largest absolute Gasteiger partial charge is 0.369 e. The number of rotatable bonds is 3. The summed E-state index contributed by atoms with van der Waals surface area (Å²) in [6, 6.07) is 17.7. The Labute approximate surface area is 143 Å². The van der Waals surface area contributed by atoms with Crippen molar-refractivity contribution in [3.63, 3.8) is 0 Å². The van der Waals surface area contributed by atoms with Gasteiger partial charge in [-0.2, -0.15) is 5.10 Å². The second kappa shape index (κ2) is 6.29. The maximum atomic E-state index is 4.49. The fourth-order valence-electron chi connectivity index (χ4n) is 3.51. The maximum Gasteiger partial charge on any atom is 0.0999 e. The van der Waals surface area contributed by atoms with Gasteiger partial charge in [0.15, 0.2) is 0 Å². The first-order valence-electron chi connectivity index (χ1n) is 8.75. The minimum atomic E-state index is 0.641. The van der Waals surface area contributed by atoms with E-state index >= 15 is 0 Å². The molecule has 1 aliphatic rings. The van der Waals surface area contributed by atoms with Crippen LogP contribution in [0.2, 0.25) is 0 Å². The molecule has 0 aliphatic carbocycles. The molecule has 0 atom stereocenters. The first kappa shape index (κ1) is 15.2. The van der Waals surface area contributed by atoms with Gasteiger partial charge in [0.2, 0.25) is 0 Å². The van der Waals surface area contributed by atoms with Gasteiger partial charge in [-0.25, -0.2) is 0 Å². The summed E-state index contributed by atoms with van der Waals surface area (Å²) in [5.41, 5.74) is 4.59. The summed E-state index contributed by atoms with van der Waals surface area (Å²) in [4.78, 5) is 5.02. The molecule has 4 heteroatoms. The number of para-hydroxylation sites is 1. The minimum Gasteiger partial charge on any atom is -0.369 e. The van der Waals surface area contributed by atoms with Crippen molar-refractivity contribution >= 4 is 16.6 Å². The van der Waals surface area contributed by atoms with Gasteiger partial charge < -0.3 is 4.90 Å². The fourth-order valence-corrected chi connectivity index (χ4v) is 3.51. The SMILES string of the molecule is CC(C)N1CCN(c2ccc(-c3n[nH]c4ccccc34)cc2)CC1. The average molecular weight is 320 g/mol. The molecule has 4 nitrogen and oxygen atoms in total. The lowest BCUT2D eigenvalue weighted by Gasteiger charge is -2.38. The van der Waals surface area contributed by atoms with E-state index in [-0.39, 0.29) is 0 Å². The molecule has 2 aromatic carbocycles. The number of hydrogen-bond acceptors (Lipinski definition) is 3. The normalized spacial score (nSPS) is 16.2. The second-order valence-corrected chi connectivity index (χ2v) is 6.78. The highest BCUT2D eigenvalue weighted by Crippen LogP contribution is 2.28. The van der Waals surface area contributed by atoms with E-state index in [1.807, 2.05) is 6.07 Å². The van der Waals surface area contributed by atoms with Crippen molar-refractivity contribution in [2.24, 2.45) is 0 Å². The van der Waals surface area contributed by atoms with Gasteiger partial charge >= 0.3 is 0 Å². The van der Waals surface area contributed by atoms with Crippen molar-refractivity contribution in [2.45, 2.75) is 19.9 Å². The van der Waals surface area contributed by atoms with Crippen LogP contribution in [0.4, 0.5) is 5.69 Å². The number of nitrogens with one attached hydrogen (secondary N) is 1. The lowest BCUT2D eigenvalue weighted by Crippen LogP contribution is -2.48. The Bertz CT molecular complexity index is 811. The Hall–Kier alpha value is -2.33. The third-order valence-electron chi connectivity index (χ3n) is 5.02. The van der Waals surface area contributed by atoms with E-state index in [1.165, 1.54) is 11.1 Å². The highest BCUT2D eigenvalue weighted by atomic mass is 15.3. The highest BCUT2D eigenvalue weighted by molar-refractivity contribution is 5.92. The lowest BCUT2D eigenvalue weighted by atomic mass is 10.1. The van der Waals surface area contributed by atoms with Gasteiger partial charge in [-0.1, -0.05) is 30.3 Å². The maximum absolute atomic E-state index is 4.49. The van der Waals surface area contributed by atoms with Crippen molar-refractivity contribution in [2.75, 3.05) is 31.1 Å². The number of fused-ring (bicyclic) bond motifs is 1. The predicted molar refractivity (Wildman–Crippen MR) is 100 cm³/mol. The zero-order valence-electron chi connectivity index (χ0n) is 14.4. The molecule has 0 radical (unpaired) electrons. The summed E-state index contributed by atoms with van der Waals surface area (Å²) in [5.74, 6) is 0. The van der Waals surface area contributed by atoms with E-state index in [9.17, 15) is 0 Å². The number of hydrogen-bond donors (Lipinski definition) is 1. The Morgan fingerprint density at radius 2 is 1.62 bits per heavy atom. The quantitative estimate of drug-likeness (QED) is 0.798. The van der Waals surface area contributed by atoms with Crippen molar-refractivity contribution in [1.82, 2.24) is 15.1 Å². The van der Waals surface area contributed by atoms with Gasteiger partial charge in [0.25, 0.3) is 0 Å². The van der Waals surface area contributed by atoms with Crippen molar-refractivity contribution < 1.29 is 0 Å². The van der Waals surface area contributed by atoms with E-state index in [4.69, 9.17) is 0 Å². The van der Waals surface area contributed by atoms with Crippen molar-refractivity contribution in [3.05, 3.63) is 48.5 Å². The molecule has 24 heavy (non-hydrogen) atoms. The van der Waals surface area contributed by atoms with Gasteiger partial charge in [-0.05, 0) is 32.0 Å². The van der Waals surface area contributed by atoms with Crippen LogP contribution in [-0.4, -0.2) is 47.3 Å². The molecule has 1 aromatic heterocycles. The molecular formula is C20H24N4. The fraction of sp³-hybridized carbons (Fsp3) is 0.350. The van der Waals surface area contributed by atoms with E-state index in [0.29, 0.717) is 6.04 Å². The van der Waals surface area contributed by atoms with E-state index in [0.717, 1.165) is 43.0 Å². The number of nitrogens with zero attached hydrogens (tertiary/aromatic N) is 3. The van der Waals surface area contributed by atoms with Crippen LogP contribution in [0, 0.1) is 0 Å². The van der Waals surface area contributed by atoms with Crippen LogP contribution in [0.5, 0.6) is 0 Å². The molecular weight excluding hydrogens is 296 g/mol. The third-order valence-corrected chi connectivity index (χ3v) is 5.02. The smallest absolute Gasteiger partial charge is 0.0999 e. The van der Waals surface area contributed by atoms with Crippen LogP contribution in [0.1, 0.15) is 13.8 Å². The van der Waals surface area contributed by atoms with E-state index < -0.39 is 0 Å². The molecule has 0 unspecified atom stereocenters. The summed E-state index contributed by atoms with van der Waals surface area (Å²) in [5, 5.41) is 8.78. The van der Waals surface area contributed by atoms with Gasteiger partial charge in [-0.3, -0.25) is 10.00 Å². The topological polar surface area (TPSA) is 35.2 Å². The highest BCUT2D eigenvalue weighted by Gasteiger charge is 2.19. The number of benzene rings is 2. The molecule has 2 heterocycles. The van der Waals surface area contributed by atoms with Crippen LogP contribution in [-0.2, 0) is 0 Å². The summed E-state index contributed by atoms with van der Waals surface area (Å²) in [6.07, 6.45) is 0. The second-order valence-electron chi connectivity index (χ2n) is 6.78. The molecule has 124 valence electrons. The Kier molecular flexibility index (Phi) is 3.98. The lowest BCUT2D eigenvalue weighted by molar-refractivity contribution is 0.209. The first-order chi connectivity index (χ1) is 11.7. The molecule has 0 spiro atoms. The molecule has 1 aliphatic heterocycles. The molecule has 4 rings (SSSR count). The van der Waals surface area contributed by atoms with Gasteiger partial charge in [0.05, 0.1) is 11.2 Å². The number of H-pyrrole nitrogens is 1. The molecule has 1 saturated heterocycles. The van der Waals surface area contributed by atoms with E-state index in [1.54, 1.807) is 0 Å². The van der Waals surface area contributed by atoms with Crippen LogP contribution < -0.4 is 4.90 Å². The van der Waals surface area contributed by atoms with Crippen molar-refractivity contribution in [3.8, 4) is 11.3 Å². The Morgan fingerprint density at radius 3 is 2.33 bits per heavy atom. The number of aromatic amines is 1. The zero-order valence-corrected chi connectivity index (χ0v) is 14.4. The number of aromatic nitrogens is 2. The van der Waals surface area contributed by atoms with Gasteiger partial charge in [0, 0.05) is 48.9 Å². The van der Waals surface area contributed by atoms with Gasteiger partial charge in [0.1, 0.15) is 0 Å². The molecule has 0 bridgehead atoms. The predicted octanol–water partition coefficient (Wildman–Crippen LogP) is 3.76. The summed E-state index contributed by atoms with van der Waals surface area (Å²) in [7, 11) is 0. The molecule has 1 fully saturated rings. The van der Waals surface area contributed by atoms with Crippen LogP contribution in [0.25, 0.3) is 22.2 Å². The average Bonchev–Trinajstić information content (AvgIpc) is 3.06. The summed E-state index contributed by atoms with van der Waals surface area (Å²) >= 11 is 0. The summed E-state index contributed by atoms with van der Waals surface area (Å²) in [6.45, 7) is 9.04. The monoisotopic (exact) mass is 320 g/mol. The summed E-state index contributed by atoms with van der Waals surface area (Å²) < 4.78 is 0. The standard InChI is InChI=1S/C20H24N4/c1-15(2)23-11-13-24(14-12-23)17-9-7-16(8-10-17)20-18-5-3-4-6-19(18)21-22-20/h3-10,15H,11-14H2,1-2H3,(H,21,22). The van der Waals surface area contributed by atoms with Crippen molar-refractivity contribution in [1.29, 1.82) is 0 Å². The number of anilines is 1. The first-order valence-corrected chi connectivity index (χ1v) is 8.75. The Morgan fingerprint density at radius 1 is 0.917 bits per heavy atom. The number of piperazine rings is 1. The molecule has 0 saturated carbocycles. The molecule has 3 aromatic rings. The van der Waals surface area contributed by atoms with Gasteiger partial charge in [-0.15, -0.1) is 0 Å². The molecule has 0 amide bonds. The van der Waals surface area contributed by atoms with Crippen LogP contribution in [0.15, 0.2) is 48.5 Å².